The number of nitrogens with one attached hydrogen (secondary N) is 3. The monoisotopic (exact) mass is 404 g/mol. The molecule has 148 valence electrons. The van der Waals surface area contributed by atoms with E-state index in [1.807, 2.05) is 20.8 Å². The smallest absolute Gasteiger partial charge is 0.406 e. The summed E-state index contributed by atoms with van der Waals surface area (Å²) in [7, 11) is 0. The van der Waals surface area contributed by atoms with Gasteiger partial charge >= 0.3 is 6.36 Å². The maximum Gasteiger partial charge on any atom is 0.573 e. The van der Waals surface area contributed by atoms with E-state index in [0.717, 1.165) is 17.4 Å². The van der Waals surface area contributed by atoms with Crippen molar-refractivity contribution in [3.05, 3.63) is 18.2 Å². The number of amides is 2. The van der Waals surface area contributed by atoms with Crippen molar-refractivity contribution in [2.75, 3.05) is 18.4 Å². The molecular weight excluding hydrogens is 385 g/mol. The van der Waals surface area contributed by atoms with Crippen LogP contribution < -0.4 is 20.7 Å². The molecule has 2 aromatic rings. The van der Waals surface area contributed by atoms with Crippen LogP contribution in [-0.4, -0.2) is 41.8 Å². The number of halogens is 3. The van der Waals surface area contributed by atoms with Gasteiger partial charge < -0.3 is 20.7 Å². The summed E-state index contributed by atoms with van der Waals surface area (Å²) in [6.07, 6.45) is -4.78. The Balaban J connectivity index is 1.90. The molecule has 1 aromatic heterocycles. The highest BCUT2D eigenvalue weighted by atomic mass is 32.1. The molecule has 0 fully saturated rings. The van der Waals surface area contributed by atoms with Crippen LogP contribution in [0.4, 0.5) is 18.3 Å². The Morgan fingerprint density at radius 3 is 2.48 bits per heavy atom. The van der Waals surface area contributed by atoms with Crippen molar-refractivity contribution in [3.8, 4) is 5.75 Å². The molecule has 11 heteroatoms. The van der Waals surface area contributed by atoms with Gasteiger partial charge in [-0.25, -0.2) is 4.98 Å². The first-order chi connectivity index (χ1) is 12.4. The molecule has 0 saturated heterocycles. The predicted molar refractivity (Wildman–Crippen MR) is 95.7 cm³/mol. The molecule has 0 atom stereocenters. The summed E-state index contributed by atoms with van der Waals surface area (Å²) >= 11 is 0.998. The van der Waals surface area contributed by atoms with E-state index in [9.17, 15) is 22.8 Å². The number of thiazole rings is 1. The van der Waals surface area contributed by atoms with Crippen LogP contribution in [0.1, 0.15) is 20.8 Å². The minimum atomic E-state index is -4.78. The molecule has 0 radical (unpaired) electrons. The van der Waals surface area contributed by atoms with Crippen molar-refractivity contribution in [1.82, 2.24) is 15.6 Å². The van der Waals surface area contributed by atoms with E-state index < -0.39 is 12.3 Å². The van der Waals surface area contributed by atoms with Gasteiger partial charge in [-0.1, -0.05) is 11.3 Å². The standard InChI is InChI=1S/C16H19F3N4O3S/c1-15(2,3)21-8-12(24)20-7-13(25)23-14-22-10-5-4-9(6-11(10)27-14)26-16(17,18)19/h4-6,21H,7-8H2,1-3H3,(H,20,24)(H,22,23,25). The average molecular weight is 404 g/mol. The molecule has 7 nitrogen and oxygen atoms in total. The highest BCUT2D eigenvalue weighted by molar-refractivity contribution is 7.22. The second-order valence-corrected chi connectivity index (χ2v) is 7.66. The molecule has 1 aromatic carbocycles. The van der Waals surface area contributed by atoms with E-state index in [1.165, 1.54) is 12.1 Å². The summed E-state index contributed by atoms with van der Waals surface area (Å²) in [5.74, 6) is -1.20. The first-order valence-corrected chi connectivity index (χ1v) is 8.71. The van der Waals surface area contributed by atoms with Crippen LogP contribution >= 0.6 is 11.3 Å². The molecule has 3 N–H and O–H groups in total. The first kappa shape index (κ1) is 20.9. The van der Waals surface area contributed by atoms with Crippen LogP contribution in [0.25, 0.3) is 10.2 Å². The predicted octanol–water partition coefficient (Wildman–Crippen LogP) is 2.64. The van der Waals surface area contributed by atoms with Crippen LogP contribution in [0, 0.1) is 0 Å². The number of rotatable bonds is 6. The lowest BCUT2D eigenvalue weighted by Gasteiger charge is -2.19. The van der Waals surface area contributed by atoms with E-state index >= 15 is 0 Å². The highest BCUT2D eigenvalue weighted by Crippen LogP contribution is 2.31. The summed E-state index contributed by atoms with van der Waals surface area (Å²) < 4.78 is 41.0. The fraction of sp³-hybridized carbons (Fsp3) is 0.438. The van der Waals surface area contributed by atoms with Crippen molar-refractivity contribution in [2.24, 2.45) is 0 Å². The molecule has 0 saturated carbocycles. The zero-order valence-corrected chi connectivity index (χ0v) is 15.7. The Morgan fingerprint density at radius 1 is 1.15 bits per heavy atom. The number of aromatic nitrogens is 1. The number of nitrogens with zero attached hydrogens (tertiary/aromatic N) is 1. The Labute approximate surface area is 157 Å². The Kier molecular flexibility index (Phi) is 6.26. The minimum Gasteiger partial charge on any atom is -0.406 e. The third-order valence-corrected chi connectivity index (χ3v) is 4.00. The number of hydrogen-bond donors (Lipinski definition) is 3. The molecule has 0 aliphatic rings. The quantitative estimate of drug-likeness (QED) is 0.689. The zero-order chi connectivity index (χ0) is 20.2. The molecule has 0 unspecified atom stereocenters. The average Bonchev–Trinajstić information content (AvgIpc) is 2.90. The van der Waals surface area contributed by atoms with Gasteiger partial charge in [-0.05, 0) is 32.9 Å². The topological polar surface area (TPSA) is 92.4 Å². The molecule has 27 heavy (non-hydrogen) atoms. The van der Waals surface area contributed by atoms with Crippen molar-refractivity contribution < 1.29 is 27.5 Å². The van der Waals surface area contributed by atoms with Crippen molar-refractivity contribution in [2.45, 2.75) is 32.7 Å². The molecule has 0 aliphatic heterocycles. The molecule has 0 bridgehead atoms. The van der Waals surface area contributed by atoms with Gasteiger partial charge in [-0.3, -0.25) is 9.59 Å². The van der Waals surface area contributed by atoms with Crippen molar-refractivity contribution in [3.63, 3.8) is 0 Å². The SMILES string of the molecule is CC(C)(C)NCC(=O)NCC(=O)Nc1nc2ccc(OC(F)(F)F)cc2s1. The molecule has 0 aliphatic carbocycles. The van der Waals surface area contributed by atoms with Gasteiger partial charge in [-0.2, -0.15) is 0 Å². The summed E-state index contributed by atoms with van der Waals surface area (Å²) in [5.41, 5.74) is 0.193. The number of ether oxygens (including phenoxy) is 1. The Hall–Kier alpha value is -2.40. The summed E-state index contributed by atoms with van der Waals surface area (Å²) in [5, 5.41) is 8.16. The van der Waals surface area contributed by atoms with Crippen molar-refractivity contribution >= 4 is 38.5 Å². The van der Waals surface area contributed by atoms with Gasteiger partial charge in [0.05, 0.1) is 23.3 Å². The summed E-state index contributed by atoms with van der Waals surface area (Å²) in [6, 6.07) is 3.70. The van der Waals surface area contributed by atoms with Crippen LogP contribution in [0.5, 0.6) is 5.75 Å². The third kappa shape index (κ3) is 7.39. The van der Waals surface area contributed by atoms with Crippen molar-refractivity contribution in [1.29, 1.82) is 0 Å². The maximum atomic E-state index is 12.3. The largest absolute Gasteiger partial charge is 0.573 e. The molecule has 2 rings (SSSR count). The second-order valence-electron chi connectivity index (χ2n) is 6.62. The maximum absolute atomic E-state index is 12.3. The van der Waals surface area contributed by atoms with E-state index in [4.69, 9.17) is 0 Å². The number of benzene rings is 1. The molecule has 1 heterocycles. The van der Waals surface area contributed by atoms with Gasteiger partial charge in [0.2, 0.25) is 11.8 Å². The van der Waals surface area contributed by atoms with Gasteiger partial charge in [0, 0.05) is 11.6 Å². The van der Waals surface area contributed by atoms with Gasteiger partial charge in [0.15, 0.2) is 5.13 Å². The third-order valence-electron chi connectivity index (χ3n) is 3.07. The van der Waals surface area contributed by atoms with Gasteiger partial charge in [0.25, 0.3) is 0 Å². The number of anilines is 1. The van der Waals surface area contributed by atoms with E-state index in [2.05, 4.69) is 25.7 Å². The first-order valence-electron chi connectivity index (χ1n) is 7.89. The fourth-order valence-electron chi connectivity index (χ4n) is 1.91. The number of carbonyl (C=O) groups is 2. The summed E-state index contributed by atoms with van der Waals surface area (Å²) in [4.78, 5) is 27.7. The number of fused-ring (bicyclic) bond motifs is 1. The van der Waals surface area contributed by atoms with E-state index in [1.54, 1.807) is 0 Å². The van der Waals surface area contributed by atoms with Gasteiger partial charge in [-0.15, -0.1) is 13.2 Å². The van der Waals surface area contributed by atoms with Crippen LogP contribution in [0.15, 0.2) is 18.2 Å². The van der Waals surface area contributed by atoms with Crippen LogP contribution in [-0.2, 0) is 9.59 Å². The molecule has 2 amide bonds. The highest BCUT2D eigenvalue weighted by Gasteiger charge is 2.31. The number of carbonyl (C=O) groups excluding carboxylic acids is 2. The van der Waals surface area contributed by atoms with E-state index in [-0.39, 0.29) is 35.4 Å². The number of hydrogen-bond acceptors (Lipinski definition) is 6. The number of alkyl halides is 3. The van der Waals surface area contributed by atoms with Gasteiger partial charge in [0.1, 0.15) is 5.75 Å². The fourth-order valence-corrected chi connectivity index (χ4v) is 2.82. The van der Waals surface area contributed by atoms with Crippen LogP contribution in [0.3, 0.4) is 0 Å². The Morgan fingerprint density at radius 2 is 1.85 bits per heavy atom. The Bertz CT molecular complexity index is 830. The lowest BCUT2D eigenvalue weighted by atomic mass is 10.1. The lowest BCUT2D eigenvalue weighted by molar-refractivity contribution is -0.274. The zero-order valence-electron chi connectivity index (χ0n) is 14.9. The molecular formula is C16H19F3N4O3S. The summed E-state index contributed by atoms with van der Waals surface area (Å²) in [6.45, 7) is 5.55. The van der Waals surface area contributed by atoms with E-state index in [0.29, 0.717) is 10.2 Å². The lowest BCUT2D eigenvalue weighted by Crippen LogP contribution is -2.44. The molecule has 0 spiro atoms. The minimum absolute atomic E-state index is 0.0693. The van der Waals surface area contributed by atoms with Crippen LogP contribution in [0.2, 0.25) is 0 Å². The second kappa shape index (κ2) is 8.09. The normalized spacial score (nSPS) is 12.1.